The number of rotatable bonds is 3. The fourth-order valence-corrected chi connectivity index (χ4v) is 2.77. The Hall–Kier alpha value is -2.18. The third-order valence-electron chi connectivity index (χ3n) is 3.77. The second kappa shape index (κ2) is 5.31. The zero-order valence-electron chi connectivity index (χ0n) is 11.9. The van der Waals surface area contributed by atoms with Gasteiger partial charge in [-0.05, 0) is 19.1 Å². The summed E-state index contributed by atoms with van der Waals surface area (Å²) in [5.41, 5.74) is 8.21. The van der Waals surface area contributed by atoms with Gasteiger partial charge in [-0.15, -0.1) is 0 Å². The lowest BCUT2D eigenvalue weighted by Crippen LogP contribution is -2.49. The van der Waals surface area contributed by atoms with Gasteiger partial charge in [0.1, 0.15) is 5.82 Å². The third-order valence-corrected chi connectivity index (χ3v) is 3.77. The Balaban J connectivity index is 2.22. The molecular formula is C15H18N4O2. The van der Waals surface area contributed by atoms with Crippen LogP contribution in [0.5, 0.6) is 0 Å². The number of hydrogen-bond acceptors (Lipinski definition) is 4. The summed E-state index contributed by atoms with van der Waals surface area (Å²) < 4.78 is 1.72. The van der Waals surface area contributed by atoms with E-state index in [1.807, 2.05) is 37.3 Å². The first kappa shape index (κ1) is 13.8. The van der Waals surface area contributed by atoms with Gasteiger partial charge in [-0.1, -0.05) is 18.2 Å². The second-order valence-corrected chi connectivity index (χ2v) is 5.05. The molecule has 1 amide bonds. The maximum Gasteiger partial charge on any atom is 0.245 e. The molecule has 1 aliphatic heterocycles. The maximum atomic E-state index is 12.3. The Morgan fingerprint density at radius 1 is 1.38 bits per heavy atom. The molecule has 21 heavy (non-hydrogen) atoms. The molecule has 0 spiro atoms. The lowest BCUT2D eigenvalue weighted by atomic mass is 10.00. The Bertz CT molecular complexity index is 666. The zero-order chi connectivity index (χ0) is 15.0. The largest absolute Gasteiger partial charge is 0.390 e. The monoisotopic (exact) mass is 286 g/mol. The Morgan fingerprint density at radius 3 is 2.71 bits per heavy atom. The smallest absolute Gasteiger partial charge is 0.245 e. The summed E-state index contributed by atoms with van der Waals surface area (Å²) in [6, 6.07) is 9.01. The molecule has 1 aromatic carbocycles. The van der Waals surface area contributed by atoms with Crippen molar-refractivity contribution in [1.82, 2.24) is 9.78 Å². The van der Waals surface area contributed by atoms with E-state index < -0.39 is 6.04 Å². The number of anilines is 1. The van der Waals surface area contributed by atoms with Gasteiger partial charge in [0.25, 0.3) is 0 Å². The van der Waals surface area contributed by atoms with Gasteiger partial charge in [0.15, 0.2) is 0 Å². The molecule has 0 radical (unpaired) electrons. The van der Waals surface area contributed by atoms with Crippen LogP contribution in [-0.4, -0.2) is 33.4 Å². The van der Waals surface area contributed by atoms with Crippen LogP contribution >= 0.6 is 0 Å². The van der Waals surface area contributed by atoms with Gasteiger partial charge in [-0.3, -0.25) is 9.69 Å². The number of benzene rings is 1. The normalized spacial score (nSPS) is 18.0. The molecule has 1 atom stereocenters. The van der Waals surface area contributed by atoms with E-state index in [0.29, 0.717) is 18.7 Å². The van der Waals surface area contributed by atoms with E-state index in [0.717, 1.165) is 17.1 Å². The van der Waals surface area contributed by atoms with Crippen molar-refractivity contribution in [3.8, 4) is 5.69 Å². The molecule has 2 aromatic rings. The number of nitrogens with zero attached hydrogens (tertiary/aromatic N) is 3. The highest BCUT2D eigenvalue weighted by Gasteiger charge is 2.35. The van der Waals surface area contributed by atoms with Gasteiger partial charge in [0.05, 0.1) is 24.0 Å². The van der Waals surface area contributed by atoms with E-state index >= 15 is 0 Å². The summed E-state index contributed by atoms with van der Waals surface area (Å²) in [6.45, 7) is 2.25. The number of fused-ring (bicyclic) bond motifs is 1. The molecule has 3 rings (SSSR count). The van der Waals surface area contributed by atoms with Crippen molar-refractivity contribution in [2.75, 3.05) is 11.4 Å². The molecular weight excluding hydrogens is 268 g/mol. The maximum absolute atomic E-state index is 12.3. The highest BCUT2D eigenvalue weighted by atomic mass is 16.3. The number of nitrogens with two attached hydrogens (primary N) is 1. The lowest BCUT2D eigenvalue weighted by Gasteiger charge is -2.30. The molecule has 0 bridgehead atoms. The van der Waals surface area contributed by atoms with Crippen LogP contribution in [0, 0.1) is 0 Å². The summed E-state index contributed by atoms with van der Waals surface area (Å²) in [5.74, 6) is 0.617. The van der Waals surface area contributed by atoms with Gasteiger partial charge in [0.2, 0.25) is 5.91 Å². The summed E-state index contributed by atoms with van der Waals surface area (Å²) in [4.78, 5) is 13.9. The molecule has 110 valence electrons. The molecule has 3 N–H and O–H groups in total. The molecule has 0 fully saturated rings. The summed E-state index contributed by atoms with van der Waals surface area (Å²) in [7, 11) is 0. The van der Waals surface area contributed by atoms with Gasteiger partial charge in [0, 0.05) is 18.5 Å². The van der Waals surface area contributed by atoms with Crippen molar-refractivity contribution in [2.24, 2.45) is 5.73 Å². The number of aromatic nitrogens is 2. The van der Waals surface area contributed by atoms with Crippen molar-refractivity contribution in [1.29, 1.82) is 0 Å². The molecule has 6 nitrogen and oxygen atoms in total. The summed E-state index contributed by atoms with van der Waals surface area (Å²) in [6.07, 6.45) is 0.410. The predicted molar refractivity (Wildman–Crippen MR) is 79.2 cm³/mol. The number of aliphatic hydroxyl groups excluding tert-OH is 1. The topological polar surface area (TPSA) is 84.4 Å². The average molecular weight is 286 g/mol. The van der Waals surface area contributed by atoms with Crippen molar-refractivity contribution in [2.45, 2.75) is 26.0 Å². The van der Waals surface area contributed by atoms with E-state index in [9.17, 15) is 9.90 Å². The van der Waals surface area contributed by atoms with Gasteiger partial charge in [-0.25, -0.2) is 4.68 Å². The van der Waals surface area contributed by atoms with Crippen molar-refractivity contribution < 1.29 is 9.90 Å². The minimum atomic E-state index is -0.573. The SMILES string of the molecule is CCN1C(=O)C(N)Cc2c(CO)nn(-c3ccccc3)c21. The molecule has 1 aliphatic rings. The number of hydrogen-bond donors (Lipinski definition) is 2. The Morgan fingerprint density at radius 2 is 2.10 bits per heavy atom. The number of aliphatic hydroxyl groups is 1. The molecule has 2 heterocycles. The molecule has 6 heteroatoms. The molecule has 0 saturated heterocycles. The number of carbonyl (C=O) groups is 1. The molecule has 1 aromatic heterocycles. The standard InChI is InChI=1S/C15H18N4O2/c1-2-18-14-11(8-12(16)15(18)21)13(9-20)17-19(14)10-6-4-3-5-7-10/h3-7,12,20H,2,8-9,16H2,1H3. The second-order valence-electron chi connectivity index (χ2n) is 5.05. The highest BCUT2D eigenvalue weighted by Crippen LogP contribution is 2.32. The van der Waals surface area contributed by atoms with Crippen molar-refractivity contribution in [3.05, 3.63) is 41.6 Å². The van der Waals surface area contributed by atoms with Crippen LogP contribution in [0.15, 0.2) is 30.3 Å². The van der Waals surface area contributed by atoms with E-state index in [4.69, 9.17) is 5.73 Å². The van der Waals surface area contributed by atoms with Crippen LogP contribution in [0.3, 0.4) is 0 Å². The number of likely N-dealkylation sites (N-methyl/N-ethyl adjacent to an activating group) is 1. The van der Waals surface area contributed by atoms with Crippen LogP contribution in [0.1, 0.15) is 18.2 Å². The van der Waals surface area contributed by atoms with Crippen LogP contribution in [-0.2, 0) is 17.8 Å². The molecule has 1 unspecified atom stereocenters. The average Bonchev–Trinajstić information content (AvgIpc) is 2.87. The van der Waals surface area contributed by atoms with E-state index in [-0.39, 0.29) is 12.5 Å². The lowest BCUT2D eigenvalue weighted by molar-refractivity contribution is -0.120. The van der Waals surface area contributed by atoms with Gasteiger partial charge < -0.3 is 10.8 Å². The third kappa shape index (κ3) is 2.12. The predicted octanol–water partition coefficient (Wildman–Crippen LogP) is 0.601. The first-order chi connectivity index (χ1) is 10.2. The fourth-order valence-electron chi connectivity index (χ4n) is 2.77. The van der Waals surface area contributed by atoms with Crippen molar-refractivity contribution in [3.63, 3.8) is 0 Å². The zero-order valence-corrected chi connectivity index (χ0v) is 11.9. The number of para-hydroxylation sites is 1. The number of carbonyl (C=O) groups excluding carboxylic acids is 1. The van der Waals surface area contributed by atoms with Crippen LogP contribution in [0.4, 0.5) is 5.82 Å². The molecule has 0 saturated carbocycles. The van der Waals surface area contributed by atoms with Crippen molar-refractivity contribution >= 4 is 11.7 Å². The summed E-state index contributed by atoms with van der Waals surface area (Å²) >= 11 is 0. The minimum absolute atomic E-state index is 0.105. The fraction of sp³-hybridized carbons (Fsp3) is 0.333. The summed E-state index contributed by atoms with van der Waals surface area (Å²) in [5, 5.41) is 14.0. The first-order valence-corrected chi connectivity index (χ1v) is 7.01. The van der Waals surface area contributed by atoms with E-state index in [1.165, 1.54) is 0 Å². The Kier molecular flexibility index (Phi) is 3.48. The van der Waals surface area contributed by atoms with E-state index in [2.05, 4.69) is 5.10 Å². The van der Waals surface area contributed by atoms with Gasteiger partial charge >= 0.3 is 0 Å². The minimum Gasteiger partial charge on any atom is -0.390 e. The number of amides is 1. The quantitative estimate of drug-likeness (QED) is 0.865. The van der Waals surface area contributed by atoms with Crippen LogP contribution in [0.2, 0.25) is 0 Å². The van der Waals surface area contributed by atoms with Crippen LogP contribution in [0.25, 0.3) is 5.69 Å². The highest BCUT2D eigenvalue weighted by molar-refractivity contribution is 5.99. The Labute approximate surface area is 122 Å². The molecule has 0 aliphatic carbocycles. The first-order valence-electron chi connectivity index (χ1n) is 7.01. The van der Waals surface area contributed by atoms with Crippen LogP contribution < -0.4 is 10.6 Å². The van der Waals surface area contributed by atoms with E-state index in [1.54, 1.807) is 9.58 Å². The van der Waals surface area contributed by atoms with Gasteiger partial charge in [-0.2, -0.15) is 5.10 Å².